The Morgan fingerprint density at radius 1 is 1.50 bits per heavy atom. The molecule has 0 aromatic carbocycles. The van der Waals surface area contributed by atoms with E-state index in [4.69, 9.17) is 10.2 Å². The molecule has 0 saturated carbocycles. The highest BCUT2D eigenvalue weighted by molar-refractivity contribution is 5.25. The van der Waals surface area contributed by atoms with Gasteiger partial charge in [0.2, 0.25) is 0 Å². The second-order valence-corrected chi connectivity index (χ2v) is 3.33. The van der Waals surface area contributed by atoms with Crippen LogP contribution in [0.1, 0.15) is 19.6 Å². The fourth-order valence-electron chi connectivity index (χ4n) is 0.974. The molecule has 1 aromatic rings. The summed E-state index contributed by atoms with van der Waals surface area (Å²) in [6, 6.07) is 3.66. The summed E-state index contributed by atoms with van der Waals surface area (Å²) in [5.41, 5.74) is 5.42. The van der Waals surface area contributed by atoms with Gasteiger partial charge in [-0.05, 0) is 18.5 Å². The van der Waals surface area contributed by atoms with E-state index in [1.807, 2.05) is 6.07 Å². The molecule has 0 aliphatic rings. The first-order valence-electron chi connectivity index (χ1n) is 4.23. The lowest BCUT2D eigenvalue weighted by molar-refractivity contribution is 0.474. The maximum Gasteiger partial charge on any atom is 0.190 e. The molecular weight excluding hydrogens is 152 g/mol. The molecule has 0 bridgehead atoms. The first-order valence-corrected chi connectivity index (χ1v) is 4.23. The minimum Gasteiger partial charge on any atom is -0.445 e. The molecule has 0 saturated heterocycles. The van der Waals surface area contributed by atoms with Crippen LogP contribution < -0.4 is 11.1 Å². The maximum absolute atomic E-state index is 5.42. The van der Waals surface area contributed by atoms with Gasteiger partial charge in [-0.25, -0.2) is 0 Å². The topological polar surface area (TPSA) is 51.2 Å². The summed E-state index contributed by atoms with van der Waals surface area (Å²) in [7, 11) is 0. The minimum atomic E-state index is 0.483. The summed E-state index contributed by atoms with van der Waals surface area (Å²) in [5.74, 6) is 2.04. The number of nitrogens with one attached hydrogen (secondary N) is 1. The van der Waals surface area contributed by atoms with Crippen molar-refractivity contribution in [2.45, 2.75) is 20.4 Å². The van der Waals surface area contributed by atoms with E-state index in [-0.39, 0.29) is 0 Å². The molecule has 1 heterocycles. The molecule has 0 unspecified atom stereocenters. The lowest BCUT2D eigenvalue weighted by Crippen LogP contribution is -2.18. The molecule has 0 spiro atoms. The molecular formula is C9H16N2O. The molecule has 0 amide bonds. The summed E-state index contributed by atoms with van der Waals surface area (Å²) >= 11 is 0. The fourth-order valence-corrected chi connectivity index (χ4v) is 0.974. The van der Waals surface area contributed by atoms with E-state index in [0.717, 1.165) is 18.8 Å². The lowest BCUT2D eigenvalue weighted by atomic mass is 10.2. The summed E-state index contributed by atoms with van der Waals surface area (Å²) < 4.78 is 5.18. The number of rotatable bonds is 4. The van der Waals surface area contributed by atoms with Crippen molar-refractivity contribution in [2.24, 2.45) is 5.92 Å². The molecule has 3 N–H and O–H groups in total. The van der Waals surface area contributed by atoms with Crippen LogP contribution >= 0.6 is 0 Å². The third-order valence-corrected chi connectivity index (χ3v) is 1.53. The van der Waals surface area contributed by atoms with Crippen LogP contribution in [0.25, 0.3) is 0 Å². The van der Waals surface area contributed by atoms with Gasteiger partial charge >= 0.3 is 0 Å². The van der Waals surface area contributed by atoms with Crippen molar-refractivity contribution in [1.82, 2.24) is 5.32 Å². The highest BCUT2D eigenvalue weighted by atomic mass is 16.4. The van der Waals surface area contributed by atoms with E-state index in [1.165, 1.54) is 0 Å². The van der Waals surface area contributed by atoms with Gasteiger partial charge < -0.3 is 15.5 Å². The Labute approximate surface area is 72.9 Å². The number of anilines is 1. The Bertz CT molecular complexity index is 230. The zero-order chi connectivity index (χ0) is 8.97. The molecule has 0 atom stereocenters. The van der Waals surface area contributed by atoms with Crippen LogP contribution in [0.5, 0.6) is 0 Å². The highest BCUT2D eigenvalue weighted by Gasteiger charge is 1.98. The fraction of sp³-hybridized carbons (Fsp3) is 0.556. The Morgan fingerprint density at radius 2 is 2.25 bits per heavy atom. The summed E-state index contributed by atoms with van der Waals surface area (Å²) in [6.45, 7) is 6.10. The van der Waals surface area contributed by atoms with E-state index in [2.05, 4.69) is 19.2 Å². The predicted molar refractivity (Wildman–Crippen MR) is 49.7 cm³/mol. The average Bonchev–Trinajstić information content (AvgIpc) is 2.35. The zero-order valence-electron chi connectivity index (χ0n) is 7.63. The molecule has 12 heavy (non-hydrogen) atoms. The van der Waals surface area contributed by atoms with Crippen LogP contribution in [0.3, 0.4) is 0 Å². The van der Waals surface area contributed by atoms with Gasteiger partial charge in [-0.1, -0.05) is 13.8 Å². The van der Waals surface area contributed by atoms with E-state index in [9.17, 15) is 0 Å². The van der Waals surface area contributed by atoms with Gasteiger partial charge in [0.1, 0.15) is 5.76 Å². The van der Waals surface area contributed by atoms with E-state index >= 15 is 0 Å². The van der Waals surface area contributed by atoms with Crippen molar-refractivity contribution >= 4 is 5.88 Å². The number of furan rings is 1. The number of hydrogen-bond acceptors (Lipinski definition) is 3. The van der Waals surface area contributed by atoms with Gasteiger partial charge in [0.05, 0.1) is 6.54 Å². The van der Waals surface area contributed by atoms with E-state index < -0.39 is 0 Å². The smallest absolute Gasteiger partial charge is 0.190 e. The number of hydrogen-bond donors (Lipinski definition) is 2. The molecule has 3 heteroatoms. The quantitative estimate of drug-likeness (QED) is 0.718. The van der Waals surface area contributed by atoms with Gasteiger partial charge in [0.25, 0.3) is 0 Å². The Hall–Kier alpha value is -0.960. The van der Waals surface area contributed by atoms with Gasteiger partial charge in [-0.3, -0.25) is 0 Å². The van der Waals surface area contributed by atoms with Gasteiger partial charge in [-0.2, -0.15) is 0 Å². The molecule has 3 nitrogen and oxygen atoms in total. The summed E-state index contributed by atoms with van der Waals surface area (Å²) in [5, 5.41) is 3.27. The molecule has 1 rings (SSSR count). The predicted octanol–water partition coefficient (Wildman–Crippen LogP) is 1.61. The second kappa shape index (κ2) is 4.16. The first-order chi connectivity index (χ1) is 5.68. The van der Waals surface area contributed by atoms with Crippen LogP contribution in [0, 0.1) is 5.92 Å². The van der Waals surface area contributed by atoms with Crippen molar-refractivity contribution in [3.05, 3.63) is 17.9 Å². The maximum atomic E-state index is 5.42. The first kappa shape index (κ1) is 9.13. The van der Waals surface area contributed by atoms with Gasteiger partial charge in [0, 0.05) is 6.07 Å². The standard InChI is InChI=1S/C9H16N2O/c1-7(2)5-11-6-8-3-4-9(10)12-8/h3-4,7,11H,5-6,10H2,1-2H3. The van der Waals surface area contributed by atoms with Crippen molar-refractivity contribution in [2.75, 3.05) is 12.3 Å². The Balaban J connectivity index is 2.24. The second-order valence-electron chi connectivity index (χ2n) is 3.33. The molecule has 1 aromatic heterocycles. The SMILES string of the molecule is CC(C)CNCc1ccc(N)o1. The van der Waals surface area contributed by atoms with Crippen LogP contribution in [0.4, 0.5) is 5.88 Å². The van der Waals surface area contributed by atoms with Crippen molar-refractivity contribution in [3.63, 3.8) is 0 Å². The largest absolute Gasteiger partial charge is 0.445 e. The van der Waals surface area contributed by atoms with Crippen LogP contribution in [-0.4, -0.2) is 6.54 Å². The molecule has 0 aliphatic heterocycles. The molecule has 0 fully saturated rings. The van der Waals surface area contributed by atoms with Crippen LogP contribution in [0.2, 0.25) is 0 Å². The van der Waals surface area contributed by atoms with Crippen molar-refractivity contribution < 1.29 is 4.42 Å². The Kier molecular flexibility index (Phi) is 3.17. The third kappa shape index (κ3) is 2.96. The number of nitrogens with two attached hydrogens (primary N) is 1. The van der Waals surface area contributed by atoms with Crippen molar-refractivity contribution in [3.8, 4) is 0 Å². The minimum absolute atomic E-state index is 0.483. The van der Waals surface area contributed by atoms with E-state index in [0.29, 0.717) is 11.8 Å². The summed E-state index contributed by atoms with van der Waals surface area (Å²) in [6.07, 6.45) is 0. The van der Waals surface area contributed by atoms with Crippen LogP contribution in [-0.2, 0) is 6.54 Å². The molecule has 0 radical (unpaired) electrons. The van der Waals surface area contributed by atoms with Crippen molar-refractivity contribution in [1.29, 1.82) is 0 Å². The molecule has 0 aliphatic carbocycles. The average molecular weight is 168 g/mol. The zero-order valence-corrected chi connectivity index (χ0v) is 7.63. The lowest BCUT2D eigenvalue weighted by Gasteiger charge is -2.04. The highest BCUT2D eigenvalue weighted by Crippen LogP contribution is 2.08. The molecule has 68 valence electrons. The normalized spacial score (nSPS) is 10.9. The van der Waals surface area contributed by atoms with Gasteiger partial charge in [-0.15, -0.1) is 0 Å². The number of nitrogen functional groups attached to an aromatic ring is 1. The van der Waals surface area contributed by atoms with Gasteiger partial charge in [0.15, 0.2) is 5.88 Å². The Morgan fingerprint density at radius 3 is 2.75 bits per heavy atom. The third-order valence-electron chi connectivity index (χ3n) is 1.53. The monoisotopic (exact) mass is 168 g/mol. The van der Waals surface area contributed by atoms with E-state index in [1.54, 1.807) is 6.07 Å². The summed E-state index contributed by atoms with van der Waals surface area (Å²) in [4.78, 5) is 0. The van der Waals surface area contributed by atoms with Crippen LogP contribution in [0.15, 0.2) is 16.5 Å².